The number of alkyl halides is 2. The monoisotopic (exact) mass is 432 g/mol. The summed E-state index contributed by atoms with van der Waals surface area (Å²) in [6.07, 6.45) is 0.670. The Balaban J connectivity index is 2.42. The van der Waals surface area contributed by atoms with Crippen LogP contribution in [-0.4, -0.2) is 10.7 Å². The molecule has 0 amide bonds. The van der Waals surface area contributed by atoms with Crippen LogP contribution < -0.4 is 0 Å². The van der Waals surface area contributed by atoms with Crippen LogP contribution >= 0.6 is 43.5 Å². The van der Waals surface area contributed by atoms with Crippen LogP contribution in [0.2, 0.25) is 5.02 Å². The average molecular weight is 435 g/mol. The molecule has 0 aliphatic rings. The van der Waals surface area contributed by atoms with E-state index in [1.165, 1.54) is 23.3 Å². The second kappa shape index (κ2) is 7.26. The van der Waals surface area contributed by atoms with Gasteiger partial charge in [-0.25, -0.2) is 4.39 Å². The average Bonchev–Trinajstić information content (AvgIpc) is 2.49. The highest BCUT2D eigenvalue weighted by atomic mass is 79.9. The molecule has 0 heterocycles. The Labute approximate surface area is 147 Å². The van der Waals surface area contributed by atoms with Gasteiger partial charge in [-0.3, -0.25) is 0 Å². The van der Waals surface area contributed by atoms with Gasteiger partial charge in [-0.1, -0.05) is 73.3 Å². The van der Waals surface area contributed by atoms with E-state index >= 15 is 0 Å². The van der Waals surface area contributed by atoms with Crippen LogP contribution in [0.4, 0.5) is 4.39 Å². The summed E-state index contributed by atoms with van der Waals surface area (Å²) in [4.78, 5) is 0. The zero-order chi connectivity index (χ0) is 15.5. The highest BCUT2D eigenvalue weighted by molar-refractivity contribution is 9.09. The van der Waals surface area contributed by atoms with E-state index in [1.54, 1.807) is 6.07 Å². The van der Waals surface area contributed by atoms with E-state index in [2.05, 4.69) is 63.0 Å². The second-order valence-corrected chi connectivity index (χ2v) is 6.85. The van der Waals surface area contributed by atoms with E-state index < -0.39 is 0 Å². The highest BCUT2D eigenvalue weighted by Gasteiger charge is 2.31. The number of halogens is 4. The van der Waals surface area contributed by atoms with Crippen molar-refractivity contribution < 1.29 is 4.39 Å². The number of aryl methyl sites for hydroxylation is 1. The van der Waals surface area contributed by atoms with Crippen LogP contribution in [0, 0.1) is 12.7 Å². The maximum atomic E-state index is 13.5. The standard InChI is InChI=1S/C17H16Br2ClF/c1-12-2-4-14(5-3-12)17(10-18,11-19)9-13-8-15(21)6-7-16(13)20/h2-8H,9-11H2,1H3. The molecule has 2 aromatic rings. The van der Waals surface area contributed by atoms with Crippen molar-refractivity contribution in [2.75, 3.05) is 10.7 Å². The van der Waals surface area contributed by atoms with E-state index in [-0.39, 0.29) is 11.2 Å². The van der Waals surface area contributed by atoms with Crippen LogP contribution in [0.5, 0.6) is 0 Å². The molecule has 0 N–H and O–H groups in total. The normalized spacial score (nSPS) is 11.7. The molecule has 0 unspecified atom stereocenters. The number of benzene rings is 2. The summed E-state index contributed by atoms with van der Waals surface area (Å²) >= 11 is 13.5. The van der Waals surface area contributed by atoms with Crippen molar-refractivity contribution in [3.05, 3.63) is 70.0 Å². The van der Waals surface area contributed by atoms with Crippen LogP contribution in [0.1, 0.15) is 16.7 Å². The molecule has 0 atom stereocenters. The molecule has 0 spiro atoms. The fraction of sp³-hybridized carbons (Fsp3) is 0.294. The summed E-state index contributed by atoms with van der Waals surface area (Å²) in [6.45, 7) is 2.07. The van der Waals surface area contributed by atoms with Crippen LogP contribution in [0.15, 0.2) is 42.5 Å². The lowest BCUT2D eigenvalue weighted by molar-refractivity contribution is 0.547. The van der Waals surface area contributed by atoms with E-state index in [0.29, 0.717) is 11.4 Å². The fourth-order valence-corrected chi connectivity index (χ4v) is 4.49. The van der Waals surface area contributed by atoms with Crippen LogP contribution in [-0.2, 0) is 11.8 Å². The molecule has 0 bridgehead atoms. The molecule has 0 fully saturated rings. The number of hydrogen-bond acceptors (Lipinski definition) is 0. The topological polar surface area (TPSA) is 0 Å². The first kappa shape index (κ1) is 17.0. The summed E-state index contributed by atoms with van der Waals surface area (Å²) < 4.78 is 13.5. The van der Waals surface area contributed by atoms with E-state index in [1.807, 2.05) is 0 Å². The van der Waals surface area contributed by atoms with Crippen molar-refractivity contribution in [3.63, 3.8) is 0 Å². The van der Waals surface area contributed by atoms with Gasteiger partial charge in [-0.15, -0.1) is 0 Å². The molecule has 0 aliphatic heterocycles. The maximum Gasteiger partial charge on any atom is 0.123 e. The molecule has 112 valence electrons. The van der Waals surface area contributed by atoms with Crippen molar-refractivity contribution in [1.29, 1.82) is 0 Å². The predicted molar refractivity (Wildman–Crippen MR) is 95.6 cm³/mol. The van der Waals surface area contributed by atoms with Gasteiger partial charge < -0.3 is 0 Å². The molecular weight excluding hydrogens is 418 g/mol. The van der Waals surface area contributed by atoms with Crippen molar-refractivity contribution in [1.82, 2.24) is 0 Å². The summed E-state index contributed by atoms with van der Waals surface area (Å²) in [5.41, 5.74) is 3.10. The molecule has 4 heteroatoms. The molecule has 21 heavy (non-hydrogen) atoms. The molecule has 0 aromatic heterocycles. The first-order chi connectivity index (χ1) is 10.0. The molecular formula is C17H16Br2ClF. The third kappa shape index (κ3) is 3.88. The minimum absolute atomic E-state index is 0.162. The van der Waals surface area contributed by atoms with Gasteiger partial charge in [0.05, 0.1) is 0 Å². The summed E-state index contributed by atoms with van der Waals surface area (Å²) in [5, 5.41) is 2.14. The molecule has 2 aromatic carbocycles. The lowest BCUT2D eigenvalue weighted by atomic mass is 9.79. The van der Waals surface area contributed by atoms with E-state index in [0.717, 1.165) is 16.2 Å². The van der Waals surface area contributed by atoms with Gasteiger partial charge in [-0.2, -0.15) is 0 Å². The third-order valence-corrected chi connectivity index (χ3v) is 6.23. The maximum absolute atomic E-state index is 13.5. The summed E-state index contributed by atoms with van der Waals surface area (Å²) in [6, 6.07) is 13.0. The summed E-state index contributed by atoms with van der Waals surface area (Å²) in [7, 11) is 0. The van der Waals surface area contributed by atoms with Gasteiger partial charge in [-0.05, 0) is 42.7 Å². The smallest absolute Gasteiger partial charge is 0.123 e. The fourth-order valence-electron chi connectivity index (χ4n) is 2.34. The van der Waals surface area contributed by atoms with Gasteiger partial charge in [0.2, 0.25) is 0 Å². The van der Waals surface area contributed by atoms with Gasteiger partial charge in [0.15, 0.2) is 0 Å². The Hall–Kier alpha value is -0.380. The Morgan fingerprint density at radius 3 is 2.24 bits per heavy atom. The quantitative estimate of drug-likeness (QED) is 0.502. The number of rotatable bonds is 5. The Morgan fingerprint density at radius 2 is 1.67 bits per heavy atom. The minimum atomic E-state index is -0.253. The number of hydrogen-bond donors (Lipinski definition) is 0. The molecule has 0 saturated heterocycles. The Morgan fingerprint density at radius 1 is 1.05 bits per heavy atom. The molecule has 0 aliphatic carbocycles. The van der Waals surface area contributed by atoms with Crippen molar-refractivity contribution in [3.8, 4) is 0 Å². The Bertz CT molecular complexity index is 607. The first-order valence-corrected chi connectivity index (χ1v) is 9.26. The zero-order valence-electron chi connectivity index (χ0n) is 11.7. The lowest BCUT2D eigenvalue weighted by Crippen LogP contribution is -2.33. The molecule has 0 saturated carbocycles. The van der Waals surface area contributed by atoms with Gasteiger partial charge in [0.25, 0.3) is 0 Å². The predicted octanol–water partition coefficient (Wildman–Crippen LogP) is 6.06. The highest BCUT2D eigenvalue weighted by Crippen LogP contribution is 2.35. The van der Waals surface area contributed by atoms with Crippen molar-refractivity contribution >= 4 is 43.5 Å². The van der Waals surface area contributed by atoms with E-state index in [4.69, 9.17) is 11.6 Å². The van der Waals surface area contributed by atoms with Crippen molar-refractivity contribution in [2.24, 2.45) is 0 Å². The minimum Gasteiger partial charge on any atom is -0.207 e. The Kier molecular flexibility index (Phi) is 5.87. The summed E-state index contributed by atoms with van der Waals surface area (Å²) in [5.74, 6) is -0.253. The van der Waals surface area contributed by atoms with Gasteiger partial charge in [0, 0.05) is 21.1 Å². The van der Waals surface area contributed by atoms with Crippen molar-refractivity contribution in [2.45, 2.75) is 18.8 Å². The largest absolute Gasteiger partial charge is 0.207 e. The van der Waals surface area contributed by atoms with Crippen LogP contribution in [0.25, 0.3) is 0 Å². The second-order valence-electron chi connectivity index (χ2n) is 5.33. The van der Waals surface area contributed by atoms with Gasteiger partial charge in [0.1, 0.15) is 5.82 Å². The molecule has 0 radical (unpaired) electrons. The lowest BCUT2D eigenvalue weighted by Gasteiger charge is -2.31. The third-order valence-electron chi connectivity index (χ3n) is 3.71. The molecule has 2 rings (SSSR count). The van der Waals surface area contributed by atoms with Crippen LogP contribution in [0.3, 0.4) is 0 Å². The molecule has 0 nitrogen and oxygen atoms in total. The first-order valence-electron chi connectivity index (χ1n) is 6.64. The van der Waals surface area contributed by atoms with E-state index in [9.17, 15) is 4.39 Å². The zero-order valence-corrected chi connectivity index (χ0v) is 15.6. The van der Waals surface area contributed by atoms with Gasteiger partial charge >= 0.3 is 0 Å². The SMILES string of the molecule is Cc1ccc(C(CBr)(CBr)Cc2cc(F)ccc2Cl)cc1.